The van der Waals surface area contributed by atoms with Crippen molar-refractivity contribution >= 4 is 5.69 Å². The Morgan fingerprint density at radius 3 is 2.78 bits per heavy atom. The number of nitrogens with one attached hydrogen (secondary N) is 1. The third kappa shape index (κ3) is 2.78. The van der Waals surface area contributed by atoms with Crippen molar-refractivity contribution in [2.75, 3.05) is 37.7 Å². The summed E-state index contributed by atoms with van der Waals surface area (Å²) in [6.45, 7) is 7.32. The maximum atomic E-state index is 6.01. The van der Waals surface area contributed by atoms with Gasteiger partial charge in [-0.3, -0.25) is 0 Å². The third-order valence-corrected chi connectivity index (χ3v) is 3.74. The summed E-state index contributed by atoms with van der Waals surface area (Å²) in [5.74, 6) is 1.87. The lowest BCUT2D eigenvalue weighted by molar-refractivity contribution is 0.299. The molecular formula is C15H22N2O. The van der Waals surface area contributed by atoms with Crippen LogP contribution in [0.2, 0.25) is 0 Å². The molecule has 1 saturated heterocycles. The maximum absolute atomic E-state index is 6.01. The van der Waals surface area contributed by atoms with E-state index in [0.29, 0.717) is 0 Å². The van der Waals surface area contributed by atoms with E-state index in [1.165, 1.54) is 24.1 Å². The summed E-state index contributed by atoms with van der Waals surface area (Å²) >= 11 is 0. The summed E-state index contributed by atoms with van der Waals surface area (Å²) in [6, 6.07) is 6.54. The Morgan fingerprint density at radius 1 is 1.28 bits per heavy atom. The van der Waals surface area contributed by atoms with Crippen LogP contribution in [0.25, 0.3) is 0 Å². The van der Waals surface area contributed by atoms with Crippen molar-refractivity contribution in [1.82, 2.24) is 5.32 Å². The summed E-state index contributed by atoms with van der Waals surface area (Å²) < 4.78 is 6.01. The minimum Gasteiger partial charge on any atom is -0.491 e. The monoisotopic (exact) mass is 246 g/mol. The Kier molecular flexibility index (Phi) is 3.41. The molecule has 0 spiro atoms. The molecule has 0 aromatic heterocycles. The molecule has 2 aliphatic rings. The van der Waals surface area contributed by atoms with Crippen molar-refractivity contribution in [3.8, 4) is 5.75 Å². The van der Waals surface area contributed by atoms with Gasteiger partial charge in [0.1, 0.15) is 5.75 Å². The second kappa shape index (κ2) is 5.19. The average molecular weight is 246 g/mol. The Hall–Kier alpha value is -1.22. The van der Waals surface area contributed by atoms with E-state index in [1.54, 1.807) is 0 Å². The Balaban J connectivity index is 1.77. The number of rotatable bonds is 4. The molecule has 3 rings (SSSR count). The molecule has 1 aromatic carbocycles. The van der Waals surface area contributed by atoms with Crippen LogP contribution in [0.1, 0.15) is 18.4 Å². The average Bonchev–Trinajstić information content (AvgIpc) is 3.22. The van der Waals surface area contributed by atoms with Gasteiger partial charge in [-0.05, 0) is 43.4 Å². The molecule has 1 aromatic rings. The second-order valence-corrected chi connectivity index (χ2v) is 5.46. The number of piperazine rings is 1. The van der Waals surface area contributed by atoms with Crippen LogP contribution in [0.4, 0.5) is 5.69 Å². The van der Waals surface area contributed by atoms with E-state index in [9.17, 15) is 0 Å². The first-order valence-corrected chi connectivity index (χ1v) is 7.02. The smallest absolute Gasteiger partial charge is 0.142 e. The van der Waals surface area contributed by atoms with E-state index in [4.69, 9.17) is 4.74 Å². The van der Waals surface area contributed by atoms with Crippen LogP contribution in [0.3, 0.4) is 0 Å². The first-order chi connectivity index (χ1) is 8.83. The first kappa shape index (κ1) is 11.8. The Labute approximate surface area is 109 Å². The van der Waals surface area contributed by atoms with E-state index >= 15 is 0 Å². The van der Waals surface area contributed by atoms with Crippen LogP contribution in [-0.4, -0.2) is 32.8 Å². The third-order valence-electron chi connectivity index (χ3n) is 3.74. The SMILES string of the molecule is Cc1ccc(OCC2CC2)c(N2CCNCC2)c1. The van der Waals surface area contributed by atoms with Crippen LogP contribution < -0.4 is 15.0 Å². The molecule has 1 aliphatic heterocycles. The van der Waals surface area contributed by atoms with Gasteiger partial charge in [-0.2, -0.15) is 0 Å². The topological polar surface area (TPSA) is 24.5 Å². The molecule has 0 unspecified atom stereocenters. The van der Waals surface area contributed by atoms with E-state index in [0.717, 1.165) is 44.5 Å². The predicted molar refractivity (Wildman–Crippen MR) is 74.5 cm³/mol. The van der Waals surface area contributed by atoms with E-state index in [2.05, 4.69) is 35.3 Å². The van der Waals surface area contributed by atoms with Gasteiger partial charge >= 0.3 is 0 Å². The van der Waals surface area contributed by atoms with Gasteiger partial charge in [-0.15, -0.1) is 0 Å². The highest BCUT2D eigenvalue weighted by Crippen LogP contribution is 2.33. The molecule has 0 amide bonds. The van der Waals surface area contributed by atoms with Crippen molar-refractivity contribution in [2.45, 2.75) is 19.8 Å². The van der Waals surface area contributed by atoms with Crippen LogP contribution in [0.5, 0.6) is 5.75 Å². The summed E-state index contributed by atoms with van der Waals surface area (Å²) in [5, 5.41) is 3.40. The van der Waals surface area contributed by atoms with Crippen LogP contribution in [0.15, 0.2) is 18.2 Å². The molecule has 2 fully saturated rings. The highest BCUT2D eigenvalue weighted by atomic mass is 16.5. The van der Waals surface area contributed by atoms with Crippen molar-refractivity contribution in [2.24, 2.45) is 5.92 Å². The molecule has 3 heteroatoms. The second-order valence-electron chi connectivity index (χ2n) is 5.46. The molecule has 1 saturated carbocycles. The van der Waals surface area contributed by atoms with Crippen molar-refractivity contribution in [1.29, 1.82) is 0 Å². The summed E-state index contributed by atoms with van der Waals surface area (Å²) in [7, 11) is 0. The van der Waals surface area contributed by atoms with Crippen LogP contribution in [0, 0.1) is 12.8 Å². The van der Waals surface area contributed by atoms with Crippen molar-refractivity contribution in [3.63, 3.8) is 0 Å². The van der Waals surface area contributed by atoms with Crippen molar-refractivity contribution in [3.05, 3.63) is 23.8 Å². The zero-order valence-corrected chi connectivity index (χ0v) is 11.1. The Morgan fingerprint density at radius 2 is 2.06 bits per heavy atom. The number of ether oxygens (including phenoxy) is 1. The van der Waals surface area contributed by atoms with Gasteiger partial charge in [-0.1, -0.05) is 6.07 Å². The van der Waals surface area contributed by atoms with Crippen LogP contribution in [-0.2, 0) is 0 Å². The van der Waals surface area contributed by atoms with E-state index in [1.807, 2.05) is 0 Å². The summed E-state index contributed by atoms with van der Waals surface area (Å²) in [5.41, 5.74) is 2.58. The van der Waals surface area contributed by atoms with Gasteiger partial charge < -0.3 is 15.0 Å². The number of hydrogen-bond acceptors (Lipinski definition) is 3. The summed E-state index contributed by atoms with van der Waals surface area (Å²) in [4.78, 5) is 2.44. The number of nitrogens with zero attached hydrogens (tertiary/aromatic N) is 1. The largest absolute Gasteiger partial charge is 0.491 e. The van der Waals surface area contributed by atoms with Crippen molar-refractivity contribution < 1.29 is 4.74 Å². The quantitative estimate of drug-likeness (QED) is 0.881. The lowest BCUT2D eigenvalue weighted by Crippen LogP contribution is -2.43. The molecule has 98 valence electrons. The highest BCUT2D eigenvalue weighted by molar-refractivity contribution is 5.60. The molecule has 18 heavy (non-hydrogen) atoms. The zero-order valence-electron chi connectivity index (χ0n) is 11.1. The molecule has 3 nitrogen and oxygen atoms in total. The van der Waals surface area contributed by atoms with Gasteiger partial charge in [0.25, 0.3) is 0 Å². The predicted octanol–water partition coefficient (Wildman–Crippen LogP) is 2.19. The number of benzene rings is 1. The normalized spacial score (nSPS) is 19.9. The van der Waals surface area contributed by atoms with E-state index in [-0.39, 0.29) is 0 Å². The fraction of sp³-hybridized carbons (Fsp3) is 0.600. The molecule has 1 aliphatic carbocycles. The number of aryl methyl sites for hydroxylation is 1. The number of hydrogen-bond donors (Lipinski definition) is 1. The fourth-order valence-electron chi connectivity index (χ4n) is 2.39. The Bertz CT molecular complexity index is 409. The van der Waals surface area contributed by atoms with Crippen LogP contribution >= 0.6 is 0 Å². The zero-order chi connectivity index (χ0) is 12.4. The van der Waals surface area contributed by atoms with Gasteiger partial charge in [0.05, 0.1) is 12.3 Å². The molecule has 0 radical (unpaired) electrons. The van der Waals surface area contributed by atoms with Gasteiger partial charge in [0, 0.05) is 26.2 Å². The highest BCUT2D eigenvalue weighted by Gasteiger charge is 2.23. The summed E-state index contributed by atoms with van der Waals surface area (Å²) in [6.07, 6.45) is 2.68. The van der Waals surface area contributed by atoms with Gasteiger partial charge in [0.15, 0.2) is 0 Å². The maximum Gasteiger partial charge on any atom is 0.142 e. The minimum absolute atomic E-state index is 0.808. The molecular weight excluding hydrogens is 224 g/mol. The van der Waals surface area contributed by atoms with E-state index < -0.39 is 0 Å². The fourth-order valence-corrected chi connectivity index (χ4v) is 2.39. The molecule has 0 bridgehead atoms. The number of anilines is 1. The lowest BCUT2D eigenvalue weighted by Gasteiger charge is -2.31. The molecule has 0 atom stereocenters. The first-order valence-electron chi connectivity index (χ1n) is 7.02. The van der Waals surface area contributed by atoms with Gasteiger partial charge in [-0.25, -0.2) is 0 Å². The minimum atomic E-state index is 0.808. The molecule has 1 heterocycles. The standard InChI is InChI=1S/C15H22N2O/c1-12-2-5-15(18-11-13-3-4-13)14(10-12)17-8-6-16-7-9-17/h2,5,10,13,16H,3-4,6-9,11H2,1H3. The molecule has 1 N–H and O–H groups in total. The lowest BCUT2D eigenvalue weighted by atomic mass is 10.1. The van der Waals surface area contributed by atoms with Gasteiger partial charge in [0.2, 0.25) is 0 Å².